The number of benzene rings is 1. The maximum atomic E-state index is 11.6. The van der Waals surface area contributed by atoms with Gasteiger partial charge in [-0.25, -0.2) is 4.79 Å². The molecule has 0 bridgehead atoms. The highest BCUT2D eigenvalue weighted by molar-refractivity contribution is 5.76. The molecule has 0 spiro atoms. The summed E-state index contributed by atoms with van der Waals surface area (Å²) in [4.78, 5) is 23.6. The quantitative estimate of drug-likeness (QED) is 0.714. The summed E-state index contributed by atoms with van der Waals surface area (Å²) in [5.74, 6) is -0.913. The minimum Gasteiger partial charge on any atom is -0.481 e. The highest BCUT2D eigenvalue weighted by atomic mass is 16.5. The molecule has 1 fully saturated rings. The lowest BCUT2D eigenvalue weighted by Crippen LogP contribution is -2.57. The molecule has 0 atom stereocenters. The Morgan fingerprint density at radius 2 is 2.00 bits per heavy atom. The van der Waals surface area contributed by atoms with Crippen LogP contribution in [0.5, 0.6) is 0 Å². The molecule has 1 aliphatic rings. The van der Waals surface area contributed by atoms with Gasteiger partial charge in [-0.1, -0.05) is 30.3 Å². The van der Waals surface area contributed by atoms with E-state index in [4.69, 9.17) is 9.84 Å². The van der Waals surface area contributed by atoms with Gasteiger partial charge in [-0.3, -0.25) is 4.79 Å². The van der Waals surface area contributed by atoms with Crippen molar-refractivity contribution >= 4 is 12.0 Å². The molecule has 2 N–H and O–H groups in total. The standard InChI is InChI=1S/C16H22N2O4/c19-15(20)8-9-17-16(21)18-11-14(12-18)22-10-4-7-13-5-2-1-3-6-13/h1-3,5-6,14H,4,7-12H2,(H,17,21)(H,19,20). The second-order valence-electron chi connectivity index (χ2n) is 5.36. The van der Waals surface area contributed by atoms with Crippen LogP contribution in [0.2, 0.25) is 0 Å². The molecule has 0 unspecified atom stereocenters. The van der Waals surface area contributed by atoms with E-state index in [2.05, 4.69) is 17.4 Å². The number of carbonyl (C=O) groups excluding carboxylic acids is 1. The van der Waals surface area contributed by atoms with Crippen molar-refractivity contribution in [3.8, 4) is 0 Å². The number of carboxylic acid groups (broad SMARTS) is 1. The molecule has 0 saturated carbocycles. The lowest BCUT2D eigenvalue weighted by atomic mass is 10.1. The molecule has 1 heterocycles. The van der Waals surface area contributed by atoms with Crippen LogP contribution in [-0.4, -0.2) is 54.4 Å². The summed E-state index contributed by atoms with van der Waals surface area (Å²) in [7, 11) is 0. The minimum absolute atomic E-state index is 0.0566. The predicted molar refractivity (Wildman–Crippen MR) is 81.7 cm³/mol. The Kier molecular flexibility index (Phi) is 6.21. The molecule has 0 aromatic heterocycles. The molecule has 1 aromatic carbocycles. The number of ether oxygens (including phenoxy) is 1. The molecular weight excluding hydrogens is 284 g/mol. The first kappa shape index (κ1) is 16.3. The van der Waals surface area contributed by atoms with Crippen molar-refractivity contribution in [3.05, 3.63) is 35.9 Å². The van der Waals surface area contributed by atoms with E-state index in [1.165, 1.54) is 5.56 Å². The Labute approximate surface area is 130 Å². The van der Waals surface area contributed by atoms with Gasteiger partial charge in [0, 0.05) is 13.2 Å². The van der Waals surface area contributed by atoms with Crippen LogP contribution in [0.4, 0.5) is 4.79 Å². The summed E-state index contributed by atoms with van der Waals surface area (Å²) in [5.41, 5.74) is 1.30. The molecule has 22 heavy (non-hydrogen) atoms. The van der Waals surface area contributed by atoms with Crippen LogP contribution in [0.25, 0.3) is 0 Å². The maximum Gasteiger partial charge on any atom is 0.317 e. The Bertz CT molecular complexity index is 486. The number of nitrogens with one attached hydrogen (secondary N) is 1. The van der Waals surface area contributed by atoms with Crippen LogP contribution in [0.3, 0.4) is 0 Å². The summed E-state index contributed by atoms with van der Waals surface area (Å²) in [5, 5.41) is 11.1. The van der Waals surface area contributed by atoms with Crippen molar-refractivity contribution in [1.82, 2.24) is 10.2 Å². The van der Waals surface area contributed by atoms with E-state index < -0.39 is 5.97 Å². The summed E-state index contributed by atoms with van der Waals surface area (Å²) < 4.78 is 5.71. The van der Waals surface area contributed by atoms with Gasteiger partial charge >= 0.3 is 12.0 Å². The summed E-state index contributed by atoms with van der Waals surface area (Å²) in [6.45, 7) is 2.00. The molecule has 6 heteroatoms. The Morgan fingerprint density at radius 1 is 1.27 bits per heavy atom. The van der Waals surface area contributed by atoms with Gasteiger partial charge in [-0.2, -0.15) is 0 Å². The zero-order valence-electron chi connectivity index (χ0n) is 12.5. The first-order valence-corrected chi connectivity index (χ1v) is 7.55. The SMILES string of the molecule is O=C(O)CCNC(=O)N1CC(OCCCc2ccccc2)C1. The number of urea groups is 1. The van der Waals surface area contributed by atoms with E-state index in [1.807, 2.05) is 18.2 Å². The number of carbonyl (C=O) groups is 2. The molecule has 2 amide bonds. The van der Waals surface area contributed by atoms with Gasteiger partial charge in [0.2, 0.25) is 0 Å². The number of hydrogen-bond acceptors (Lipinski definition) is 3. The van der Waals surface area contributed by atoms with Gasteiger partial charge in [0.05, 0.1) is 25.6 Å². The fourth-order valence-corrected chi connectivity index (χ4v) is 2.27. The van der Waals surface area contributed by atoms with Crippen LogP contribution >= 0.6 is 0 Å². The van der Waals surface area contributed by atoms with Crippen LogP contribution in [0.1, 0.15) is 18.4 Å². The average molecular weight is 306 g/mol. The number of rotatable bonds is 8. The number of carboxylic acids is 1. The van der Waals surface area contributed by atoms with Gasteiger partial charge in [0.25, 0.3) is 0 Å². The van der Waals surface area contributed by atoms with Crippen molar-refractivity contribution in [2.75, 3.05) is 26.2 Å². The van der Waals surface area contributed by atoms with Crippen molar-refractivity contribution in [2.45, 2.75) is 25.4 Å². The predicted octanol–water partition coefficient (Wildman–Crippen LogP) is 1.50. The molecule has 1 saturated heterocycles. The number of amides is 2. The summed E-state index contributed by atoms with van der Waals surface area (Å²) in [6.07, 6.45) is 2.00. The number of aliphatic carboxylic acids is 1. The molecule has 6 nitrogen and oxygen atoms in total. The third-order valence-electron chi connectivity index (χ3n) is 3.56. The second-order valence-corrected chi connectivity index (χ2v) is 5.36. The van der Waals surface area contributed by atoms with Crippen LogP contribution in [0.15, 0.2) is 30.3 Å². The molecule has 0 aliphatic carbocycles. The molecule has 2 rings (SSSR count). The lowest BCUT2D eigenvalue weighted by Gasteiger charge is -2.38. The summed E-state index contributed by atoms with van der Waals surface area (Å²) in [6, 6.07) is 10.1. The van der Waals surface area contributed by atoms with Gasteiger partial charge in [-0.05, 0) is 18.4 Å². The monoisotopic (exact) mass is 306 g/mol. The van der Waals surface area contributed by atoms with Gasteiger partial charge < -0.3 is 20.1 Å². The largest absolute Gasteiger partial charge is 0.481 e. The van der Waals surface area contributed by atoms with Gasteiger partial charge in [0.1, 0.15) is 0 Å². The van der Waals surface area contributed by atoms with Crippen molar-refractivity contribution in [1.29, 1.82) is 0 Å². The fraction of sp³-hybridized carbons (Fsp3) is 0.500. The lowest BCUT2D eigenvalue weighted by molar-refractivity contribution is -0.136. The number of hydrogen-bond donors (Lipinski definition) is 2. The Balaban J connectivity index is 1.50. The first-order chi connectivity index (χ1) is 10.6. The zero-order chi connectivity index (χ0) is 15.8. The number of likely N-dealkylation sites (tertiary alicyclic amines) is 1. The van der Waals surface area contributed by atoms with E-state index in [1.54, 1.807) is 4.90 Å². The topological polar surface area (TPSA) is 78.9 Å². The molecule has 0 radical (unpaired) electrons. The van der Waals surface area contributed by atoms with Gasteiger partial charge in [-0.15, -0.1) is 0 Å². The smallest absolute Gasteiger partial charge is 0.317 e. The highest BCUT2D eigenvalue weighted by Crippen LogP contribution is 2.12. The fourth-order valence-electron chi connectivity index (χ4n) is 2.27. The van der Waals surface area contributed by atoms with Crippen LogP contribution in [0, 0.1) is 0 Å². The third-order valence-corrected chi connectivity index (χ3v) is 3.56. The molecule has 1 aliphatic heterocycles. The highest BCUT2D eigenvalue weighted by Gasteiger charge is 2.30. The maximum absolute atomic E-state index is 11.6. The molecule has 1 aromatic rings. The second kappa shape index (κ2) is 8.38. The van der Waals surface area contributed by atoms with Crippen molar-refractivity contribution < 1.29 is 19.4 Å². The van der Waals surface area contributed by atoms with E-state index in [0.29, 0.717) is 19.7 Å². The molecule has 120 valence electrons. The minimum atomic E-state index is -0.913. The summed E-state index contributed by atoms with van der Waals surface area (Å²) >= 11 is 0. The average Bonchev–Trinajstić information content (AvgIpc) is 2.45. The van der Waals surface area contributed by atoms with Crippen molar-refractivity contribution in [3.63, 3.8) is 0 Å². The number of aryl methyl sites for hydroxylation is 1. The third kappa shape index (κ3) is 5.37. The molecular formula is C16H22N2O4. The van der Waals surface area contributed by atoms with E-state index in [0.717, 1.165) is 12.8 Å². The first-order valence-electron chi connectivity index (χ1n) is 7.55. The van der Waals surface area contributed by atoms with E-state index >= 15 is 0 Å². The zero-order valence-corrected chi connectivity index (χ0v) is 12.5. The van der Waals surface area contributed by atoms with Gasteiger partial charge in [0.15, 0.2) is 0 Å². The van der Waals surface area contributed by atoms with E-state index in [9.17, 15) is 9.59 Å². The normalized spacial score (nSPS) is 14.5. The van der Waals surface area contributed by atoms with E-state index in [-0.39, 0.29) is 25.1 Å². The van der Waals surface area contributed by atoms with Crippen molar-refractivity contribution in [2.24, 2.45) is 0 Å². The Hall–Kier alpha value is -2.08. The Morgan fingerprint density at radius 3 is 2.68 bits per heavy atom. The van der Waals surface area contributed by atoms with Crippen LogP contribution in [-0.2, 0) is 16.0 Å². The number of nitrogens with zero attached hydrogens (tertiary/aromatic N) is 1. The van der Waals surface area contributed by atoms with Crippen LogP contribution < -0.4 is 5.32 Å².